The molecule has 4 aromatic rings. The van der Waals surface area contributed by atoms with Crippen LogP contribution in [0.3, 0.4) is 0 Å². The minimum absolute atomic E-state index is 0.0843. The molecular weight excluding hydrogens is 478 g/mol. The van der Waals surface area contributed by atoms with Crippen molar-refractivity contribution in [2.75, 3.05) is 20.3 Å². The second kappa shape index (κ2) is 10.2. The Morgan fingerprint density at radius 2 is 1.78 bits per heavy atom. The first-order valence-electron chi connectivity index (χ1n) is 11.8. The molecule has 1 unspecified atom stereocenters. The number of hydrogen-bond acceptors (Lipinski definition) is 5. The molecule has 0 fully saturated rings. The van der Waals surface area contributed by atoms with Crippen molar-refractivity contribution in [3.8, 4) is 5.75 Å². The van der Waals surface area contributed by atoms with Crippen LogP contribution >= 0.6 is 11.6 Å². The highest BCUT2D eigenvalue weighted by atomic mass is 35.5. The molecule has 0 spiro atoms. The molecule has 0 saturated heterocycles. The molecule has 5 rings (SSSR count). The van der Waals surface area contributed by atoms with Crippen molar-refractivity contribution in [2.45, 2.75) is 26.0 Å². The van der Waals surface area contributed by atoms with Crippen LogP contribution in [0, 0.1) is 6.92 Å². The number of rotatable bonds is 8. The quantitative estimate of drug-likeness (QED) is 0.279. The lowest BCUT2D eigenvalue weighted by Crippen LogP contribution is -2.31. The number of carbonyl (C=O) groups excluding carboxylic acids is 1. The fourth-order valence-electron chi connectivity index (χ4n) is 4.58. The van der Waals surface area contributed by atoms with Gasteiger partial charge in [0.1, 0.15) is 17.9 Å². The van der Waals surface area contributed by atoms with Crippen molar-refractivity contribution >= 4 is 28.5 Å². The SMILES string of the molecule is COCCCN1C(=O)c2oc3cc(C)c(Cl)cc3c(=O)c2C1c1ccc(OCc2ccccc2)cc1. The lowest BCUT2D eigenvalue weighted by atomic mass is 9.98. The van der Waals surface area contributed by atoms with Crippen molar-refractivity contribution in [3.05, 3.63) is 110 Å². The molecule has 36 heavy (non-hydrogen) atoms. The van der Waals surface area contributed by atoms with Crippen molar-refractivity contribution in [2.24, 2.45) is 0 Å². The number of aryl methyl sites for hydroxylation is 1. The van der Waals surface area contributed by atoms with Crippen molar-refractivity contribution in [1.29, 1.82) is 0 Å². The number of amides is 1. The smallest absolute Gasteiger partial charge is 0.290 e. The van der Waals surface area contributed by atoms with Gasteiger partial charge in [-0.2, -0.15) is 0 Å². The minimum atomic E-state index is -0.576. The van der Waals surface area contributed by atoms with E-state index in [1.807, 2.05) is 61.5 Å². The highest BCUT2D eigenvalue weighted by Crippen LogP contribution is 2.39. The molecule has 6 nitrogen and oxygen atoms in total. The molecule has 2 heterocycles. The Kier molecular flexibility index (Phi) is 6.81. The van der Waals surface area contributed by atoms with E-state index in [9.17, 15) is 9.59 Å². The van der Waals surface area contributed by atoms with Gasteiger partial charge in [0.2, 0.25) is 5.76 Å². The third-order valence-electron chi connectivity index (χ3n) is 6.44. The Bertz CT molecular complexity index is 1460. The molecule has 0 saturated carbocycles. The molecular formula is C29H26ClNO5. The summed E-state index contributed by atoms with van der Waals surface area (Å²) in [6, 6.07) is 20.2. The normalized spacial score (nSPS) is 14.9. The zero-order valence-corrected chi connectivity index (χ0v) is 20.9. The predicted molar refractivity (Wildman–Crippen MR) is 139 cm³/mol. The maximum absolute atomic E-state index is 13.7. The van der Waals surface area contributed by atoms with E-state index in [0.717, 1.165) is 16.7 Å². The van der Waals surface area contributed by atoms with Gasteiger partial charge in [-0.15, -0.1) is 0 Å². The molecule has 0 radical (unpaired) electrons. The number of methoxy groups -OCH3 is 1. The Hall–Kier alpha value is -3.61. The lowest BCUT2D eigenvalue weighted by molar-refractivity contribution is 0.0708. The maximum Gasteiger partial charge on any atom is 0.290 e. The van der Waals surface area contributed by atoms with Crippen LogP contribution in [0.4, 0.5) is 0 Å². The highest BCUT2D eigenvalue weighted by molar-refractivity contribution is 6.32. The van der Waals surface area contributed by atoms with Crippen LogP contribution in [0.1, 0.15) is 45.3 Å². The summed E-state index contributed by atoms with van der Waals surface area (Å²) in [4.78, 5) is 28.8. The van der Waals surface area contributed by atoms with Gasteiger partial charge in [0.25, 0.3) is 5.91 Å². The third-order valence-corrected chi connectivity index (χ3v) is 6.85. The third kappa shape index (κ3) is 4.50. The molecule has 3 aromatic carbocycles. The monoisotopic (exact) mass is 503 g/mol. The lowest BCUT2D eigenvalue weighted by Gasteiger charge is -2.25. The molecule has 1 aromatic heterocycles. The van der Waals surface area contributed by atoms with E-state index >= 15 is 0 Å². The Balaban J connectivity index is 1.53. The first kappa shape index (κ1) is 24.1. The molecule has 1 atom stereocenters. The molecule has 1 aliphatic heterocycles. The van der Waals surface area contributed by atoms with Gasteiger partial charge in [0, 0.05) is 25.3 Å². The summed E-state index contributed by atoms with van der Waals surface area (Å²) in [7, 11) is 1.62. The fraction of sp³-hybridized carbons (Fsp3) is 0.241. The van der Waals surface area contributed by atoms with Crippen molar-refractivity contribution in [3.63, 3.8) is 0 Å². The number of halogens is 1. The van der Waals surface area contributed by atoms with Gasteiger partial charge in [-0.1, -0.05) is 54.1 Å². The summed E-state index contributed by atoms with van der Waals surface area (Å²) in [5.41, 5.74) is 3.09. The second-order valence-corrected chi connectivity index (χ2v) is 9.27. The number of benzene rings is 3. The van der Waals surface area contributed by atoms with Gasteiger partial charge in [-0.25, -0.2) is 0 Å². The second-order valence-electron chi connectivity index (χ2n) is 8.86. The Labute approximate surface area is 214 Å². The van der Waals surface area contributed by atoms with Gasteiger partial charge in [-0.05, 0) is 54.3 Å². The average Bonchev–Trinajstić information content (AvgIpc) is 3.17. The van der Waals surface area contributed by atoms with Crippen LogP contribution in [-0.2, 0) is 11.3 Å². The van der Waals surface area contributed by atoms with Crippen LogP contribution in [0.2, 0.25) is 5.02 Å². The molecule has 0 N–H and O–H groups in total. The van der Waals surface area contributed by atoms with E-state index in [4.69, 9.17) is 25.5 Å². The number of fused-ring (bicyclic) bond motifs is 2. The van der Waals surface area contributed by atoms with Crippen LogP contribution in [0.15, 0.2) is 75.9 Å². The summed E-state index contributed by atoms with van der Waals surface area (Å²) in [5, 5.41) is 0.844. The van der Waals surface area contributed by atoms with Crippen LogP contribution < -0.4 is 10.2 Å². The van der Waals surface area contributed by atoms with E-state index < -0.39 is 6.04 Å². The van der Waals surface area contributed by atoms with Gasteiger partial charge in [-0.3, -0.25) is 9.59 Å². The van der Waals surface area contributed by atoms with Gasteiger partial charge >= 0.3 is 0 Å². The summed E-state index contributed by atoms with van der Waals surface area (Å²) < 4.78 is 17.1. The van der Waals surface area contributed by atoms with Gasteiger partial charge < -0.3 is 18.8 Å². The number of nitrogens with zero attached hydrogens (tertiary/aromatic N) is 1. The van der Waals surface area contributed by atoms with Crippen LogP contribution in [0.5, 0.6) is 5.75 Å². The maximum atomic E-state index is 13.7. The van der Waals surface area contributed by atoms with E-state index in [2.05, 4.69) is 0 Å². The zero-order chi connectivity index (χ0) is 25.2. The molecule has 184 valence electrons. The average molecular weight is 504 g/mol. The summed E-state index contributed by atoms with van der Waals surface area (Å²) in [5.74, 6) is 0.481. The first-order valence-corrected chi connectivity index (χ1v) is 12.2. The van der Waals surface area contributed by atoms with Crippen LogP contribution in [-0.4, -0.2) is 31.1 Å². The molecule has 0 bridgehead atoms. The number of carbonyl (C=O) groups is 1. The van der Waals surface area contributed by atoms with Crippen molar-refractivity contribution < 1.29 is 18.7 Å². The van der Waals surface area contributed by atoms with Gasteiger partial charge in [0.15, 0.2) is 5.43 Å². The van der Waals surface area contributed by atoms with E-state index in [-0.39, 0.29) is 17.1 Å². The standard InChI is InChI=1S/C29H26ClNO5/c1-18-15-24-22(16-23(18)30)27(32)25-26(31(13-6-14-34-2)29(33)28(25)36-24)20-9-11-21(12-10-20)35-17-19-7-4-3-5-8-19/h3-5,7-12,15-16,26H,6,13-14,17H2,1-2H3. The van der Waals surface area contributed by atoms with Crippen molar-refractivity contribution in [1.82, 2.24) is 4.90 Å². The van der Waals surface area contributed by atoms with Crippen LogP contribution in [0.25, 0.3) is 11.0 Å². The zero-order valence-electron chi connectivity index (χ0n) is 20.1. The Morgan fingerprint density at radius 3 is 2.50 bits per heavy atom. The molecule has 7 heteroatoms. The summed E-state index contributed by atoms with van der Waals surface area (Å²) in [6.07, 6.45) is 0.629. The molecule has 1 aliphatic rings. The summed E-state index contributed by atoms with van der Waals surface area (Å²) in [6.45, 7) is 3.20. The van der Waals surface area contributed by atoms with E-state index in [1.54, 1.807) is 24.1 Å². The largest absolute Gasteiger partial charge is 0.489 e. The Morgan fingerprint density at radius 1 is 1.03 bits per heavy atom. The molecule has 1 amide bonds. The minimum Gasteiger partial charge on any atom is -0.489 e. The summed E-state index contributed by atoms with van der Waals surface area (Å²) >= 11 is 6.31. The molecule has 0 aliphatic carbocycles. The number of hydrogen-bond donors (Lipinski definition) is 0. The highest BCUT2D eigenvalue weighted by Gasteiger charge is 2.42. The fourth-order valence-corrected chi connectivity index (χ4v) is 4.75. The number of ether oxygens (including phenoxy) is 2. The van der Waals surface area contributed by atoms with Gasteiger partial charge in [0.05, 0.1) is 17.0 Å². The topological polar surface area (TPSA) is 69.0 Å². The predicted octanol–water partition coefficient (Wildman–Crippen LogP) is 5.92. The van der Waals surface area contributed by atoms with E-state index in [1.165, 1.54) is 0 Å². The van der Waals surface area contributed by atoms with E-state index in [0.29, 0.717) is 53.5 Å². The first-order chi connectivity index (χ1) is 17.5.